The van der Waals surface area contributed by atoms with E-state index in [2.05, 4.69) is 15.3 Å². The fourth-order valence-electron chi connectivity index (χ4n) is 2.97. The minimum absolute atomic E-state index is 0.0760. The molecule has 32 heavy (non-hydrogen) atoms. The molecule has 1 N–H and O–H groups in total. The summed E-state index contributed by atoms with van der Waals surface area (Å²) >= 11 is 0. The maximum Gasteiger partial charge on any atom is 0.234 e. The van der Waals surface area contributed by atoms with Crippen molar-refractivity contribution in [3.05, 3.63) is 96.1 Å². The van der Waals surface area contributed by atoms with Gasteiger partial charge in [0.25, 0.3) is 0 Å². The van der Waals surface area contributed by atoms with Crippen molar-refractivity contribution in [2.24, 2.45) is 0 Å². The highest BCUT2D eigenvalue weighted by Gasteiger charge is 2.27. The summed E-state index contributed by atoms with van der Waals surface area (Å²) in [5.41, 5.74) is 1.77. The first-order valence-electron chi connectivity index (χ1n) is 9.82. The minimum atomic E-state index is -3.88. The first-order chi connectivity index (χ1) is 15.6. The zero-order valence-corrected chi connectivity index (χ0v) is 18.1. The number of hydrogen-bond acceptors (Lipinski definition) is 7. The number of hydrogen-bond donors (Lipinski definition) is 1. The summed E-state index contributed by atoms with van der Waals surface area (Å²) in [5.74, 6) is 0.993. The van der Waals surface area contributed by atoms with Crippen LogP contribution >= 0.6 is 0 Å². The van der Waals surface area contributed by atoms with Gasteiger partial charge in [-0.25, -0.2) is 8.42 Å². The maximum atomic E-state index is 13.2. The number of rotatable bonds is 8. The molecule has 4 aromatic rings. The molecule has 0 unspecified atom stereocenters. The summed E-state index contributed by atoms with van der Waals surface area (Å²) in [4.78, 5) is 8.49. The van der Waals surface area contributed by atoms with Gasteiger partial charge in [-0.3, -0.25) is 4.98 Å². The summed E-state index contributed by atoms with van der Waals surface area (Å²) in [6.07, 6.45) is 6.78. The standard InChI is InChI=1S/C24H21N3O4S/c1-30-20-12-9-18(10-13-20)11-14-22-27-24(32(28,29)21-7-3-2-4-8-21)23(31-22)26-17-19-6-5-15-25-16-19/h2-16,26H,17H2,1H3/b14-11+. The number of nitrogens with one attached hydrogen (secondary N) is 1. The topological polar surface area (TPSA) is 94.3 Å². The Morgan fingerprint density at radius 2 is 1.78 bits per heavy atom. The van der Waals surface area contributed by atoms with Crippen LogP contribution in [0.1, 0.15) is 17.0 Å². The third kappa shape index (κ3) is 4.87. The molecular formula is C24H21N3O4S. The van der Waals surface area contributed by atoms with Crippen LogP contribution in [0, 0.1) is 0 Å². The van der Waals surface area contributed by atoms with E-state index in [4.69, 9.17) is 9.15 Å². The number of ether oxygens (including phenoxy) is 1. The van der Waals surface area contributed by atoms with Crippen LogP contribution in [0.5, 0.6) is 5.75 Å². The number of anilines is 1. The third-order valence-corrected chi connectivity index (χ3v) is 6.31. The smallest absolute Gasteiger partial charge is 0.234 e. The second-order valence-electron chi connectivity index (χ2n) is 6.82. The van der Waals surface area contributed by atoms with E-state index in [1.807, 2.05) is 36.4 Å². The summed E-state index contributed by atoms with van der Waals surface area (Å²) in [7, 11) is -2.28. The van der Waals surface area contributed by atoms with E-state index in [1.54, 1.807) is 49.9 Å². The number of nitrogens with zero attached hydrogens (tertiary/aromatic N) is 2. The average Bonchev–Trinajstić information content (AvgIpc) is 3.27. The molecule has 0 aliphatic rings. The van der Waals surface area contributed by atoms with Gasteiger partial charge in [0.15, 0.2) is 0 Å². The Kier molecular flexibility index (Phi) is 6.32. The number of oxazole rings is 1. The number of aromatic nitrogens is 2. The quantitative estimate of drug-likeness (QED) is 0.419. The highest BCUT2D eigenvalue weighted by atomic mass is 32.2. The molecule has 4 rings (SSSR count). The van der Waals surface area contributed by atoms with Crippen molar-refractivity contribution in [1.82, 2.24) is 9.97 Å². The molecule has 8 heteroatoms. The van der Waals surface area contributed by atoms with Crippen LogP contribution in [0.4, 0.5) is 5.88 Å². The van der Waals surface area contributed by atoms with E-state index in [9.17, 15) is 8.42 Å². The van der Waals surface area contributed by atoms with Gasteiger partial charge >= 0.3 is 0 Å². The van der Waals surface area contributed by atoms with Crippen LogP contribution < -0.4 is 10.1 Å². The highest BCUT2D eigenvalue weighted by molar-refractivity contribution is 7.91. The van der Waals surface area contributed by atoms with E-state index in [1.165, 1.54) is 12.1 Å². The molecule has 7 nitrogen and oxygen atoms in total. The zero-order valence-electron chi connectivity index (χ0n) is 17.3. The molecule has 2 heterocycles. The SMILES string of the molecule is COc1ccc(/C=C/c2nc(S(=O)(=O)c3ccccc3)c(NCc3cccnc3)o2)cc1. The molecule has 0 spiro atoms. The van der Waals surface area contributed by atoms with E-state index < -0.39 is 9.84 Å². The molecule has 0 radical (unpaired) electrons. The van der Waals surface area contributed by atoms with Crippen LogP contribution in [0.15, 0.2) is 93.5 Å². The van der Waals surface area contributed by atoms with Gasteiger partial charge in [0.1, 0.15) is 5.75 Å². The number of sulfone groups is 1. The second kappa shape index (κ2) is 9.49. The van der Waals surface area contributed by atoms with Crippen molar-refractivity contribution in [3.8, 4) is 5.75 Å². The van der Waals surface area contributed by atoms with Gasteiger partial charge in [0, 0.05) is 25.0 Å². The van der Waals surface area contributed by atoms with Crippen LogP contribution in [0.3, 0.4) is 0 Å². The minimum Gasteiger partial charge on any atom is -0.497 e. The predicted octanol–water partition coefficient (Wildman–Crippen LogP) is 4.69. The average molecular weight is 448 g/mol. The molecule has 0 aliphatic carbocycles. The maximum absolute atomic E-state index is 13.2. The molecule has 0 atom stereocenters. The largest absolute Gasteiger partial charge is 0.497 e. The molecule has 2 aromatic heterocycles. The molecule has 0 saturated carbocycles. The lowest BCUT2D eigenvalue weighted by Gasteiger charge is -2.06. The van der Waals surface area contributed by atoms with Gasteiger partial charge in [-0.15, -0.1) is 0 Å². The summed E-state index contributed by atoms with van der Waals surface area (Å²) in [6, 6.07) is 19.3. The Morgan fingerprint density at radius 1 is 1.00 bits per heavy atom. The lowest BCUT2D eigenvalue weighted by Crippen LogP contribution is -2.07. The van der Waals surface area contributed by atoms with Crippen LogP contribution in [0.2, 0.25) is 0 Å². The molecule has 0 fully saturated rings. The van der Waals surface area contributed by atoms with Crippen molar-refractivity contribution >= 4 is 27.9 Å². The van der Waals surface area contributed by atoms with E-state index in [-0.39, 0.29) is 21.7 Å². The van der Waals surface area contributed by atoms with Gasteiger partial charge < -0.3 is 14.5 Å². The van der Waals surface area contributed by atoms with Crippen molar-refractivity contribution in [3.63, 3.8) is 0 Å². The van der Waals surface area contributed by atoms with Crippen molar-refractivity contribution in [2.45, 2.75) is 16.5 Å². The Bertz CT molecular complexity index is 1300. The molecule has 2 aromatic carbocycles. The third-order valence-electron chi connectivity index (χ3n) is 4.63. The highest BCUT2D eigenvalue weighted by Crippen LogP contribution is 2.29. The summed E-state index contributed by atoms with van der Waals surface area (Å²) < 4.78 is 37.4. The van der Waals surface area contributed by atoms with E-state index in [0.29, 0.717) is 6.54 Å². The number of pyridine rings is 1. The van der Waals surface area contributed by atoms with Gasteiger partial charge in [-0.1, -0.05) is 36.4 Å². The lowest BCUT2D eigenvalue weighted by molar-refractivity contribution is 0.415. The predicted molar refractivity (Wildman–Crippen MR) is 122 cm³/mol. The van der Waals surface area contributed by atoms with Gasteiger partial charge in [-0.05, 0) is 47.5 Å². The monoisotopic (exact) mass is 447 g/mol. The summed E-state index contributed by atoms with van der Waals surface area (Å²) in [5, 5.41) is 2.88. The number of methoxy groups -OCH3 is 1. The van der Waals surface area contributed by atoms with Crippen molar-refractivity contribution in [1.29, 1.82) is 0 Å². The first kappa shape index (κ1) is 21.3. The van der Waals surface area contributed by atoms with Crippen LogP contribution in [-0.4, -0.2) is 25.5 Å². The van der Waals surface area contributed by atoms with Crippen LogP contribution in [0.25, 0.3) is 12.2 Å². The van der Waals surface area contributed by atoms with Crippen molar-refractivity contribution < 1.29 is 17.6 Å². The van der Waals surface area contributed by atoms with Crippen molar-refractivity contribution in [2.75, 3.05) is 12.4 Å². The number of benzene rings is 2. The first-order valence-corrected chi connectivity index (χ1v) is 11.3. The molecule has 162 valence electrons. The fourth-order valence-corrected chi connectivity index (χ4v) is 4.27. The lowest BCUT2D eigenvalue weighted by atomic mass is 10.2. The Balaban J connectivity index is 1.66. The molecule has 0 saturated heterocycles. The van der Waals surface area contributed by atoms with Gasteiger partial charge in [0.05, 0.1) is 12.0 Å². The van der Waals surface area contributed by atoms with E-state index in [0.717, 1.165) is 16.9 Å². The fraction of sp³-hybridized carbons (Fsp3) is 0.0833. The van der Waals surface area contributed by atoms with Gasteiger partial charge in [0.2, 0.25) is 26.6 Å². The zero-order chi connectivity index (χ0) is 22.4. The van der Waals surface area contributed by atoms with Gasteiger partial charge in [-0.2, -0.15) is 4.98 Å². The molecule has 0 bridgehead atoms. The normalized spacial score (nSPS) is 11.5. The molecular weight excluding hydrogens is 426 g/mol. The van der Waals surface area contributed by atoms with E-state index >= 15 is 0 Å². The molecule has 0 amide bonds. The second-order valence-corrected chi connectivity index (χ2v) is 8.69. The Hall–Kier alpha value is -3.91. The van der Waals surface area contributed by atoms with Crippen LogP contribution in [-0.2, 0) is 16.4 Å². The Labute approximate surface area is 186 Å². The molecule has 0 aliphatic heterocycles. The summed E-state index contributed by atoms with van der Waals surface area (Å²) in [6.45, 7) is 0.335. The Morgan fingerprint density at radius 3 is 2.47 bits per heavy atom.